The first-order valence-corrected chi connectivity index (χ1v) is 11.3. The molecule has 0 bridgehead atoms. The number of amides is 1. The third kappa shape index (κ3) is 4.01. The van der Waals surface area contributed by atoms with Crippen molar-refractivity contribution in [2.45, 2.75) is 17.9 Å². The van der Waals surface area contributed by atoms with Crippen LogP contribution in [0.1, 0.15) is 18.5 Å². The average Bonchev–Trinajstić information content (AvgIpc) is 3.26. The largest absolute Gasteiger partial charge is 0.495 e. The van der Waals surface area contributed by atoms with Crippen molar-refractivity contribution in [2.24, 2.45) is 0 Å². The molecule has 0 spiro atoms. The summed E-state index contributed by atoms with van der Waals surface area (Å²) in [7, 11) is 3.02. The van der Waals surface area contributed by atoms with Gasteiger partial charge in [0.05, 0.1) is 30.5 Å². The van der Waals surface area contributed by atoms with Gasteiger partial charge in [0.1, 0.15) is 23.9 Å². The lowest BCUT2D eigenvalue weighted by Gasteiger charge is -2.29. The van der Waals surface area contributed by atoms with Gasteiger partial charge >= 0.3 is 0 Å². The topological polar surface area (TPSA) is 90.3 Å². The van der Waals surface area contributed by atoms with Crippen LogP contribution in [-0.4, -0.2) is 41.1 Å². The number of rotatable bonds is 6. The van der Waals surface area contributed by atoms with Gasteiger partial charge < -0.3 is 20.1 Å². The van der Waals surface area contributed by atoms with E-state index in [9.17, 15) is 4.79 Å². The van der Waals surface area contributed by atoms with Crippen LogP contribution in [0, 0.1) is 0 Å². The highest BCUT2D eigenvalue weighted by Crippen LogP contribution is 2.39. The van der Waals surface area contributed by atoms with Crippen LogP contribution in [-0.2, 0) is 4.79 Å². The second-order valence-corrected chi connectivity index (χ2v) is 8.30. The van der Waals surface area contributed by atoms with E-state index in [0.29, 0.717) is 39.4 Å². The Balaban J connectivity index is 1.75. The van der Waals surface area contributed by atoms with Crippen molar-refractivity contribution < 1.29 is 14.3 Å². The van der Waals surface area contributed by atoms with Gasteiger partial charge in [-0.3, -0.25) is 4.79 Å². The van der Waals surface area contributed by atoms with Crippen LogP contribution in [0.2, 0.25) is 5.02 Å². The molecule has 8 nitrogen and oxygen atoms in total. The molecule has 0 aliphatic carbocycles. The molecular formula is C22H22ClN5O3S. The lowest BCUT2D eigenvalue weighted by molar-refractivity contribution is -0.113. The molecule has 32 heavy (non-hydrogen) atoms. The number of fused-ring (bicyclic) bond motifs is 1. The number of methoxy groups -OCH3 is 2. The summed E-state index contributed by atoms with van der Waals surface area (Å²) < 4.78 is 12.4. The van der Waals surface area contributed by atoms with Gasteiger partial charge in [0.25, 0.3) is 5.91 Å². The average molecular weight is 472 g/mol. The molecule has 1 atom stereocenters. The van der Waals surface area contributed by atoms with Gasteiger partial charge in [-0.25, -0.2) is 4.68 Å². The van der Waals surface area contributed by atoms with E-state index < -0.39 is 6.04 Å². The second-order valence-electron chi connectivity index (χ2n) is 7.01. The summed E-state index contributed by atoms with van der Waals surface area (Å²) in [5.74, 6) is 1.12. The Morgan fingerprint density at radius 3 is 2.56 bits per heavy atom. The van der Waals surface area contributed by atoms with Crippen LogP contribution in [0.15, 0.2) is 58.9 Å². The minimum Gasteiger partial charge on any atom is -0.495 e. The quantitative estimate of drug-likeness (QED) is 0.508. The highest BCUT2D eigenvalue weighted by molar-refractivity contribution is 7.98. The minimum atomic E-state index is -0.454. The number of halogens is 1. The molecule has 1 unspecified atom stereocenters. The Morgan fingerprint density at radius 1 is 1.19 bits per heavy atom. The molecule has 2 heterocycles. The van der Waals surface area contributed by atoms with E-state index in [0.717, 1.165) is 10.5 Å². The normalized spacial score (nSPS) is 15.1. The van der Waals surface area contributed by atoms with Crippen molar-refractivity contribution >= 4 is 40.9 Å². The van der Waals surface area contributed by atoms with Crippen molar-refractivity contribution in [2.75, 3.05) is 31.1 Å². The second kappa shape index (κ2) is 9.13. The molecule has 1 amide bonds. The number of allylic oxidation sites excluding steroid dienone is 1. The number of nitrogens with one attached hydrogen (secondary N) is 2. The van der Waals surface area contributed by atoms with Crippen molar-refractivity contribution in [1.82, 2.24) is 14.8 Å². The summed E-state index contributed by atoms with van der Waals surface area (Å²) in [6, 6.07) is 10.8. The highest BCUT2D eigenvalue weighted by Gasteiger charge is 2.33. The molecular weight excluding hydrogens is 450 g/mol. The lowest BCUT2D eigenvalue weighted by Crippen LogP contribution is -2.31. The fourth-order valence-corrected chi connectivity index (χ4v) is 4.27. The van der Waals surface area contributed by atoms with E-state index >= 15 is 0 Å². The van der Waals surface area contributed by atoms with Gasteiger partial charge in [-0.2, -0.15) is 10.1 Å². The van der Waals surface area contributed by atoms with Gasteiger partial charge in [0.15, 0.2) is 0 Å². The molecule has 0 fully saturated rings. The van der Waals surface area contributed by atoms with E-state index in [1.165, 1.54) is 20.5 Å². The zero-order valence-electron chi connectivity index (χ0n) is 18.0. The van der Waals surface area contributed by atoms with Gasteiger partial charge in [0.2, 0.25) is 5.95 Å². The fraction of sp³-hybridized carbons (Fsp3) is 0.227. The Hall–Kier alpha value is -3.17. The SMILES string of the molecule is COc1cc(NC(=O)C2=C(C)Nc3ncnn3C2c2ccc(SC)cc2)c(OC)cc1Cl. The van der Waals surface area contributed by atoms with E-state index in [1.54, 1.807) is 28.6 Å². The zero-order chi connectivity index (χ0) is 22.8. The zero-order valence-corrected chi connectivity index (χ0v) is 19.5. The Kier molecular flexibility index (Phi) is 6.29. The molecule has 3 aromatic rings. The summed E-state index contributed by atoms with van der Waals surface area (Å²) in [6.45, 7) is 1.84. The van der Waals surface area contributed by atoms with Crippen molar-refractivity contribution in [3.8, 4) is 11.5 Å². The number of ether oxygens (including phenoxy) is 2. The van der Waals surface area contributed by atoms with Gasteiger partial charge in [0, 0.05) is 22.7 Å². The summed E-state index contributed by atoms with van der Waals surface area (Å²) >= 11 is 7.86. The maximum Gasteiger partial charge on any atom is 0.255 e. The monoisotopic (exact) mass is 471 g/mol. The maximum atomic E-state index is 13.6. The summed E-state index contributed by atoms with van der Waals surface area (Å²) in [5.41, 5.74) is 2.55. The standard InChI is InChI=1S/C22H22ClN5O3S/c1-12-19(21(29)27-16-10-17(30-2)15(23)9-18(16)31-3)20(28-22(26-12)24-11-25-28)13-5-7-14(32-4)8-6-13/h5-11,20H,1-4H3,(H,27,29)(H,24,25,26). The highest BCUT2D eigenvalue weighted by atomic mass is 35.5. The smallest absolute Gasteiger partial charge is 0.255 e. The van der Waals surface area contributed by atoms with Crippen molar-refractivity contribution in [1.29, 1.82) is 0 Å². The Bertz CT molecular complexity index is 1190. The lowest BCUT2D eigenvalue weighted by atomic mass is 9.95. The third-order valence-corrected chi connectivity index (χ3v) is 6.23. The molecule has 1 aliphatic heterocycles. The number of carbonyl (C=O) groups is 1. The number of hydrogen-bond acceptors (Lipinski definition) is 7. The number of carbonyl (C=O) groups excluding carboxylic acids is 1. The predicted molar refractivity (Wildman–Crippen MR) is 126 cm³/mol. The van der Waals surface area contributed by atoms with Crippen LogP contribution in [0.4, 0.5) is 11.6 Å². The predicted octanol–water partition coefficient (Wildman–Crippen LogP) is 4.60. The summed E-state index contributed by atoms with van der Waals surface area (Å²) in [4.78, 5) is 19.0. The molecule has 0 saturated carbocycles. The number of anilines is 2. The van der Waals surface area contributed by atoms with Crippen LogP contribution < -0.4 is 20.1 Å². The first-order valence-electron chi connectivity index (χ1n) is 9.71. The van der Waals surface area contributed by atoms with Crippen LogP contribution in [0.5, 0.6) is 11.5 Å². The molecule has 2 N–H and O–H groups in total. The number of aromatic nitrogens is 3. The number of nitrogens with zero attached hydrogens (tertiary/aromatic N) is 3. The Morgan fingerprint density at radius 2 is 1.91 bits per heavy atom. The van der Waals surface area contributed by atoms with E-state index in [1.807, 2.05) is 37.4 Å². The minimum absolute atomic E-state index is 0.308. The molecule has 166 valence electrons. The molecule has 10 heteroatoms. The molecule has 2 aromatic carbocycles. The molecule has 0 saturated heterocycles. The summed E-state index contributed by atoms with van der Waals surface area (Å²) in [5, 5.41) is 10.9. The first-order chi connectivity index (χ1) is 15.5. The van der Waals surface area contributed by atoms with Crippen LogP contribution >= 0.6 is 23.4 Å². The van der Waals surface area contributed by atoms with Gasteiger partial charge in [-0.15, -0.1) is 11.8 Å². The van der Waals surface area contributed by atoms with Crippen molar-refractivity contribution in [3.63, 3.8) is 0 Å². The molecule has 1 aromatic heterocycles. The number of thioether (sulfide) groups is 1. The summed E-state index contributed by atoms with van der Waals surface area (Å²) in [6.07, 6.45) is 3.48. The van der Waals surface area contributed by atoms with Crippen LogP contribution in [0.3, 0.4) is 0 Å². The molecule has 1 aliphatic rings. The van der Waals surface area contributed by atoms with Gasteiger partial charge in [-0.1, -0.05) is 23.7 Å². The van der Waals surface area contributed by atoms with Gasteiger partial charge in [-0.05, 0) is 30.9 Å². The maximum absolute atomic E-state index is 13.6. The van der Waals surface area contributed by atoms with E-state index in [2.05, 4.69) is 20.7 Å². The van der Waals surface area contributed by atoms with E-state index in [4.69, 9.17) is 21.1 Å². The Labute approximate surface area is 195 Å². The number of benzene rings is 2. The van der Waals surface area contributed by atoms with E-state index in [-0.39, 0.29) is 5.91 Å². The fourth-order valence-electron chi connectivity index (χ4n) is 3.63. The van der Waals surface area contributed by atoms with Crippen molar-refractivity contribution in [3.05, 3.63) is 64.6 Å². The third-order valence-electron chi connectivity index (χ3n) is 5.19. The molecule has 0 radical (unpaired) electrons. The number of hydrogen-bond donors (Lipinski definition) is 2. The first kappa shape index (κ1) is 22.0. The van der Waals surface area contributed by atoms with Crippen LogP contribution in [0.25, 0.3) is 0 Å². The molecule has 4 rings (SSSR count).